The summed E-state index contributed by atoms with van der Waals surface area (Å²) >= 11 is 0. The van der Waals surface area contributed by atoms with Gasteiger partial charge in [0.1, 0.15) is 0 Å². The van der Waals surface area contributed by atoms with E-state index >= 15 is 0 Å². The molecule has 3 nitrogen and oxygen atoms in total. The van der Waals surface area contributed by atoms with Crippen LogP contribution in [0.2, 0.25) is 0 Å². The summed E-state index contributed by atoms with van der Waals surface area (Å²) in [7, 11) is 0. The van der Waals surface area contributed by atoms with Crippen LogP contribution >= 0.6 is 0 Å². The van der Waals surface area contributed by atoms with Gasteiger partial charge in [-0.15, -0.1) is 0 Å². The molecule has 0 saturated heterocycles. The van der Waals surface area contributed by atoms with E-state index in [1.165, 1.54) is 0 Å². The predicted molar refractivity (Wildman–Crippen MR) is 47.4 cm³/mol. The molecule has 64 valence electrons. The molecular weight excluding hydrogens is 152 g/mol. The van der Waals surface area contributed by atoms with Gasteiger partial charge in [0, 0.05) is 5.56 Å². The number of hydrogen-bond donors (Lipinski definition) is 3. The summed E-state index contributed by atoms with van der Waals surface area (Å²) in [5, 5.41) is 9.82. The zero-order chi connectivity index (χ0) is 8.60. The van der Waals surface area contributed by atoms with Gasteiger partial charge >= 0.3 is 0 Å². The van der Waals surface area contributed by atoms with Crippen LogP contribution in [0.4, 0.5) is 5.69 Å². The Kier molecular flexibility index (Phi) is 1.56. The SMILES string of the molecule is NNc1ccccc1C1(O)CC1. The number of para-hydroxylation sites is 1. The third-order valence-corrected chi connectivity index (χ3v) is 2.31. The highest BCUT2D eigenvalue weighted by Gasteiger charge is 2.43. The summed E-state index contributed by atoms with van der Waals surface area (Å²) in [4.78, 5) is 0. The fourth-order valence-corrected chi connectivity index (χ4v) is 1.40. The third kappa shape index (κ3) is 1.07. The van der Waals surface area contributed by atoms with Crippen molar-refractivity contribution in [2.45, 2.75) is 18.4 Å². The highest BCUT2D eigenvalue weighted by Crippen LogP contribution is 2.47. The smallest absolute Gasteiger partial charge is 0.0919 e. The molecule has 2 rings (SSSR count). The topological polar surface area (TPSA) is 58.3 Å². The molecule has 0 heterocycles. The first kappa shape index (κ1) is 7.58. The molecule has 0 spiro atoms. The number of hydrazine groups is 1. The van der Waals surface area contributed by atoms with Gasteiger partial charge in [0.2, 0.25) is 0 Å². The van der Waals surface area contributed by atoms with Crippen molar-refractivity contribution in [2.24, 2.45) is 5.84 Å². The molecule has 1 aliphatic rings. The first-order chi connectivity index (χ1) is 5.76. The van der Waals surface area contributed by atoms with E-state index < -0.39 is 5.60 Å². The minimum Gasteiger partial charge on any atom is -0.385 e. The molecule has 12 heavy (non-hydrogen) atoms. The van der Waals surface area contributed by atoms with E-state index in [9.17, 15) is 5.11 Å². The average Bonchev–Trinajstić information content (AvgIpc) is 2.85. The van der Waals surface area contributed by atoms with Crippen molar-refractivity contribution in [3.63, 3.8) is 0 Å². The quantitative estimate of drug-likeness (QED) is 0.450. The van der Waals surface area contributed by atoms with Gasteiger partial charge in [0.05, 0.1) is 11.3 Å². The molecule has 0 bridgehead atoms. The first-order valence-electron chi connectivity index (χ1n) is 4.05. The van der Waals surface area contributed by atoms with E-state index in [2.05, 4.69) is 5.43 Å². The molecule has 3 heteroatoms. The van der Waals surface area contributed by atoms with E-state index in [4.69, 9.17) is 5.84 Å². The maximum Gasteiger partial charge on any atom is 0.0919 e. The number of aliphatic hydroxyl groups is 1. The molecule has 0 amide bonds. The molecule has 0 aliphatic heterocycles. The van der Waals surface area contributed by atoms with Crippen LogP contribution in [0.5, 0.6) is 0 Å². The lowest BCUT2D eigenvalue weighted by molar-refractivity contribution is 0.152. The molecule has 0 unspecified atom stereocenters. The standard InChI is InChI=1S/C9H12N2O/c10-11-8-4-2-1-3-7(8)9(12)5-6-9/h1-4,11-12H,5-6,10H2. The Labute approximate surface area is 71.2 Å². The Morgan fingerprint density at radius 3 is 2.58 bits per heavy atom. The summed E-state index contributed by atoms with van der Waals surface area (Å²) in [6, 6.07) is 7.57. The fourth-order valence-electron chi connectivity index (χ4n) is 1.40. The number of benzene rings is 1. The van der Waals surface area contributed by atoms with Gasteiger partial charge in [-0.3, -0.25) is 5.84 Å². The molecule has 0 aromatic heterocycles. The van der Waals surface area contributed by atoms with Crippen molar-refractivity contribution in [3.8, 4) is 0 Å². The molecule has 4 N–H and O–H groups in total. The van der Waals surface area contributed by atoms with E-state index in [1.54, 1.807) is 0 Å². The van der Waals surface area contributed by atoms with Gasteiger partial charge in [0.15, 0.2) is 0 Å². The number of rotatable bonds is 2. The Hall–Kier alpha value is -1.06. The van der Waals surface area contributed by atoms with E-state index in [1.807, 2.05) is 24.3 Å². The number of nitrogens with one attached hydrogen (secondary N) is 1. The van der Waals surface area contributed by atoms with Crippen LogP contribution < -0.4 is 11.3 Å². The lowest BCUT2D eigenvalue weighted by Gasteiger charge is -2.12. The second-order valence-electron chi connectivity index (χ2n) is 3.22. The number of nitrogens with two attached hydrogens (primary N) is 1. The number of hydrogen-bond acceptors (Lipinski definition) is 3. The maximum absolute atomic E-state index is 9.82. The minimum atomic E-state index is -0.608. The molecule has 0 radical (unpaired) electrons. The average molecular weight is 164 g/mol. The first-order valence-corrected chi connectivity index (χ1v) is 4.05. The summed E-state index contributed by atoms with van der Waals surface area (Å²) in [6.45, 7) is 0. The van der Waals surface area contributed by atoms with Gasteiger partial charge in [-0.1, -0.05) is 18.2 Å². The lowest BCUT2D eigenvalue weighted by Crippen LogP contribution is -2.13. The Bertz CT molecular complexity index is 294. The fraction of sp³-hybridized carbons (Fsp3) is 0.333. The monoisotopic (exact) mass is 164 g/mol. The lowest BCUT2D eigenvalue weighted by atomic mass is 10.1. The van der Waals surface area contributed by atoms with Crippen molar-refractivity contribution < 1.29 is 5.11 Å². The molecule has 1 aliphatic carbocycles. The van der Waals surface area contributed by atoms with E-state index in [0.29, 0.717) is 0 Å². The highest BCUT2D eigenvalue weighted by atomic mass is 16.3. The second kappa shape index (κ2) is 2.47. The molecule has 1 fully saturated rings. The summed E-state index contributed by atoms with van der Waals surface area (Å²) < 4.78 is 0. The van der Waals surface area contributed by atoms with Crippen LogP contribution in [-0.4, -0.2) is 5.11 Å². The Morgan fingerprint density at radius 1 is 1.33 bits per heavy atom. The maximum atomic E-state index is 9.82. The van der Waals surface area contributed by atoms with Gasteiger partial charge in [-0.2, -0.15) is 0 Å². The van der Waals surface area contributed by atoms with Crippen molar-refractivity contribution in [1.82, 2.24) is 0 Å². The summed E-state index contributed by atoms with van der Waals surface area (Å²) in [5.41, 5.74) is 3.70. The molecular formula is C9H12N2O. The minimum absolute atomic E-state index is 0.608. The van der Waals surface area contributed by atoms with Gasteiger partial charge in [0.25, 0.3) is 0 Å². The molecule has 1 saturated carbocycles. The molecule has 1 aromatic rings. The van der Waals surface area contributed by atoms with Crippen molar-refractivity contribution in [2.75, 3.05) is 5.43 Å². The zero-order valence-corrected chi connectivity index (χ0v) is 6.75. The number of nitrogen functional groups attached to an aromatic ring is 1. The van der Waals surface area contributed by atoms with Crippen LogP contribution in [0.3, 0.4) is 0 Å². The number of anilines is 1. The van der Waals surface area contributed by atoms with E-state index in [-0.39, 0.29) is 0 Å². The van der Waals surface area contributed by atoms with Gasteiger partial charge < -0.3 is 10.5 Å². The Balaban J connectivity index is 2.42. The largest absolute Gasteiger partial charge is 0.385 e. The highest BCUT2D eigenvalue weighted by molar-refractivity contribution is 5.54. The van der Waals surface area contributed by atoms with Crippen molar-refractivity contribution in [3.05, 3.63) is 29.8 Å². The van der Waals surface area contributed by atoms with Gasteiger partial charge in [-0.25, -0.2) is 0 Å². The van der Waals surface area contributed by atoms with Crippen LogP contribution in [0, 0.1) is 0 Å². The molecule has 1 aromatic carbocycles. The summed E-state index contributed by atoms with van der Waals surface area (Å²) in [5.74, 6) is 5.31. The van der Waals surface area contributed by atoms with Crippen molar-refractivity contribution >= 4 is 5.69 Å². The molecule has 0 atom stereocenters. The van der Waals surface area contributed by atoms with E-state index in [0.717, 1.165) is 24.1 Å². The Morgan fingerprint density at radius 2 is 2.00 bits per heavy atom. The normalized spacial score (nSPS) is 18.8. The predicted octanol–water partition coefficient (Wildman–Crippen LogP) is 0.954. The third-order valence-electron chi connectivity index (χ3n) is 2.31. The summed E-state index contributed by atoms with van der Waals surface area (Å²) in [6.07, 6.45) is 1.68. The zero-order valence-electron chi connectivity index (χ0n) is 6.75. The van der Waals surface area contributed by atoms with Crippen LogP contribution in [0.15, 0.2) is 24.3 Å². The van der Waals surface area contributed by atoms with Crippen LogP contribution in [0.1, 0.15) is 18.4 Å². The van der Waals surface area contributed by atoms with Gasteiger partial charge in [-0.05, 0) is 18.9 Å². The van der Waals surface area contributed by atoms with Crippen LogP contribution in [0.25, 0.3) is 0 Å². The van der Waals surface area contributed by atoms with Crippen LogP contribution in [-0.2, 0) is 5.60 Å². The second-order valence-corrected chi connectivity index (χ2v) is 3.22. The van der Waals surface area contributed by atoms with Crippen molar-refractivity contribution in [1.29, 1.82) is 0 Å².